The van der Waals surface area contributed by atoms with Gasteiger partial charge in [0, 0.05) is 6.04 Å². The standard InChI is InChI=1S/C20H25NO3S/c1-14-8-11-19(24-3)20(12-14)25(22,23)21-15(2)17-10-9-16-6-4-5-7-18(16)13-17/h8-13,15,21H,4-7H2,1-3H3/t15-/m0/s1. The Morgan fingerprint density at radius 2 is 1.76 bits per heavy atom. The van der Waals surface area contributed by atoms with Gasteiger partial charge in [0.05, 0.1) is 7.11 Å². The van der Waals surface area contributed by atoms with Crippen LogP contribution in [0, 0.1) is 6.92 Å². The van der Waals surface area contributed by atoms with E-state index in [0.717, 1.165) is 24.0 Å². The molecule has 1 atom stereocenters. The molecule has 0 amide bonds. The number of hydrogen-bond donors (Lipinski definition) is 1. The van der Waals surface area contributed by atoms with Crippen molar-refractivity contribution in [1.29, 1.82) is 0 Å². The lowest BCUT2D eigenvalue weighted by Crippen LogP contribution is -2.27. The van der Waals surface area contributed by atoms with Gasteiger partial charge in [0.25, 0.3) is 0 Å². The molecule has 0 heterocycles. The van der Waals surface area contributed by atoms with Gasteiger partial charge in [0.15, 0.2) is 0 Å². The smallest absolute Gasteiger partial charge is 0.244 e. The highest BCUT2D eigenvalue weighted by Gasteiger charge is 2.23. The summed E-state index contributed by atoms with van der Waals surface area (Å²) in [7, 11) is -2.19. The highest BCUT2D eigenvalue weighted by Crippen LogP contribution is 2.28. The van der Waals surface area contributed by atoms with Crippen LogP contribution in [0.15, 0.2) is 41.3 Å². The lowest BCUT2D eigenvalue weighted by atomic mass is 9.89. The average Bonchev–Trinajstić information content (AvgIpc) is 2.61. The third-order valence-electron chi connectivity index (χ3n) is 4.81. The van der Waals surface area contributed by atoms with Crippen LogP contribution in [0.2, 0.25) is 0 Å². The summed E-state index contributed by atoms with van der Waals surface area (Å²) >= 11 is 0. The van der Waals surface area contributed by atoms with E-state index in [4.69, 9.17) is 4.74 Å². The number of sulfonamides is 1. The van der Waals surface area contributed by atoms with Gasteiger partial charge in [0.1, 0.15) is 10.6 Å². The minimum atomic E-state index is -3.67. The molecule has 1 N–H and O–H groups in total. The zero-order valence-electron chi connectivity index (χ0n) is 15.0. The van der Waals surface area contributed by atoms with Crippen LogP contribution < -0.4 is 9.46 Å². The fourth-order valence-electron chi connectivity index (χ4n) is 3.38. The summed E-state index contributed by atoms with van der Waals surface area (Å²) in [4.78, 5) is 0.180. The summed E-state index contributed by atoms with van der Waals surface area (Å²) in [5, 5.41) is 0. The minimum Gasteiger partial charge on any atom is -0.495 e. The van der Waals surface area contributed by atoms with Gasteiger partial charge in [-0.1, -0.05) is 24.3 Å². The number of fused-ring (bicyclic) bond motifs is 1. The molecule has 0 saturated carbocycles. The van der Waals surface area contributed by atoms with Gasteiger partial charge >= 0.3 is 0 Å². The molecule has 0 unspecified atom stereocenters. The zero-order chi connectivity index (χ0) is 18.0. The minimum absolute atomic E-state index is 0.180. The van der Waals surface area contributed by atoms with E-state index in [1.54, 1.807) is 12.1 Å². The zero-order valence-corrected chi connectivity index (χ0v) is 15.8. The molecule has 0 bridgehead atoms. The lowest BCUT2D eigenvalue weighted by Gasteiger charge is -2.20. The van der Waals surface area contributed by atoms with E-state index in [9.17, 15) is 8.42 Å². The van der Waals surface area contributed by atoms with Crippen molar-refractivity contribution in [2.24, 2.45) is 0 Å². The monoisotopic (exact) mass is 359 g/mol. The fraction of sp³-hybridized carbons (Fsp3) is 0.400. The van der Waals surface area contributed by atoms with Crippen molar-refractivity contribution in [2.45, 2.75) is 50.5 Å². The Kier molecular flexibility index (Phi) is 5.16. The number of benzene rings is 2. The predicted molar refractivity (Wildman–Crippen MR) is 99.6 cm³/mol. The van der Waals surface area contributed by atoms with Gasteiger partial charge in [-0.25, -0.2) is 13.1 Å². The molecule has 25 heavy (non-hydrogen) atoms. The maximum atomic E-state index is 12.8. The van der Waals surface area contributed by atoms with Gasteiger partial charge in [-0.15, -0.1) is 0 Å². The van der Waals surface area contributed by atoms with E-state index in [0.29, 0.717) is 5.75 Å². The first-order valence-corrected chi connectivity index (χ1v) is 10.2. The molecule has 2 aromatic rings. The first kappa shape index (κ1) is 18.0. The van der Waals surface area contributed by atoms with Gasteiger partial charge < -0.3 is 4.74 Å². The summed E-state index contributed by atoms with van der Waals surface area (Å²) < 4.78 is 33.7. The van der Waals surface area contributed by atoms with Crippen molar-refractivity contribution in [3.8, 4) is 5.75 Å². The number of ether oxygens (including phenoxy) is 1. The summed E-state index contributed by atoms with van der Waals surface area (Å²) in [6.45, 7) is 3.75. The molecule has 0 radical (unpaired) electrons. The summed E-state index contributed by atoms with van der Waals surface area (Å²) in [6, 6.07) is 11.2. The molecule has 0 aliphatic heterocycles. The highest BCUT2D eigenvalue weighted by atomic mass is 32.2. The van der Waals surface area contributed by atoms with Crippen LogP contribution in [0.3, 0.4) is 0 Å². The maximum absolute atomic E-state index is 12.8. The first-order valence-electron chi connectivity index (χ1n) is 8.69. The van der Waals surface area contributed by atoms with E-state index in [2.05, 4.69) is 16.9 Å². The van der Waals surface area contributed by atoms with E-state index in [-0.39, 0.29) is 10.9 Å². The molecule has 3 rings (SSSR count). The number of rotatable bonds is 5. The normalized spacial score (nSPS) is 15.5. The third kappa shape index (κ3) is 3.88. The Morgan fingerprint density at radius 1 is 1.04 bits per heavy atom. The second-order valence-corrected chi connectivity index (χ2v) is 8.41. The van der Waals surface area contributed by atoms with Gasteiger partial charge in [-0.3, -0.25) is 0 Å². The molecule has 0 spiro atoms. The molecular formula is C20H25NO3S. The van der Waals surface area contributed by atoms with Crippen molar-refractivity contribution in [2.75, 3.05) is 7.11 Å². The van der Waals surface area contributed by atoms with Crippen molar-refractivity contribution in [3.05, 3.63) is 58.7 Å². The predicted octanol–water partition coefficient (Wildman–Crippen LogP) is 3.92. The van der Waals surface area contributed by atoms with Crippen molar-refractivity contribution in [1.82, 2.24) is 4.72 Å². The molecular weight excluding hydrogens is 334 g/mol. The topological polar surface area (TPSA) is 55.4 Å². The summed E-state index contributed by atoms with van der Waals surface area (Å²) in [5.74, 6) is 0.357. The molecule has 0 fully saturated rings. The van der Waals surface area contributed by atoms with Crippen LogP contribution in [0.4, 0.5) is 0 Å². The Bertz CT molecular complexity index is 875. The number of aryl methyl sites for hydroxylation is 3. The lowest BCUT2D eigenvalue weighted by molar-refractivity contribution is 0.402. The Hall–Kier alpha value is -1.85. The van der Waals surface area contributed by atoms with Crippen LogP contribution in [-0.4, -0.2) is 15.5 Å². The van der Waals surface area contributed by atoms with Crippen LogP contribution in [0.5, 0.6) is 5.75 Å². The van der Waals surface area contributed by atoms with Crippen LogP contribution in [0.1, 0.15) is 48.1 Å². The summed E-state index contributed by atoms with van der Waals surface area (Å²) in [6.07, 6.45) is 4.64. The van der Waals surface area contributed by atoms with Crippen molar-refractivity contribution >= 4 is 10.0 Å². The second-order valence-electron chi connectivity index (χ2n) is 6.73. The highest BCUT2D eigenvalue weighted by molar-refractivity contribution is 7.89. The van der Waals surface area contributed by atoms with E-state index in [1.165, 1.54) is 31.1 Å². The molecule has 2 aromatic carbocycles. The molecule has 4 nitrogen and oxygen atoms in total. The van der Waals surface area contributed by atoms with Crippen molar-refractivity contribution < 1.29 is 13.2 Å². The van der Waals surface area contributed by atoms with Crippen LogP contribution >= 0.6 is 0 Å². The number of hydrogen-bond acceptors (Lipinski definition) is 3. The molecule has 0 aromatic heterocycles. The van der Waals surface area contributed by atoms with Crippen molar-refractivity contribution in [3.63, 3.8) is 0 Å². The fourth-order valence-corrected chi connectivity index (χ4v) is 4.87. The first-order chi connectivity index (χ1) is 11.9. The second kappa shape index (κ2) is 7.18. The van der Waals surface area contributed by atoms with E-state index >= 15 is 0 Å². The summed E-state index contributed by atoms with van der Waals surface area (Å²) in [5.41, 5.74) is 4.62. The van der Waals surface area contributed by atoms with E-state index in [1.807, 2.05) is 26.0 Å². The van der Waals surface area contributed by atoms with Crippen LogP contribution in [-0.2, 0) is 22.9 Å². The molecule has 1 aliphatic rings. The molecule has 0 saturated heterocycles. The van der Waals surface area contributed by atoms with Gasteiger partial charge in [0.2, 0.25) is 10.0 Å². The van der Waals surface area contributed by atoms with Gasteiger partial charge in [-0.2, -0.15) is 0 Å². The maximum Gasteiger partial charge on any atom is 0.244 e. The Balaban J connectivity index is 1.87. The Labute approximate surface area is 150 Å². The Morgan fingerprint density at radius 3 is 2.48 bits per heavy atom. The molecule has 5 heteroatoms. The largest absolute Gasteiger partial charge is 0.495 e. The molecule has 1 aliphatic carbocycles. The van der Waals surface area contributed by atoms with E-state index < -0.39 is 10.0 Å². The molecule has 134 valence electrons. The third-order valence-corrected chi connectivity index (χ3v) is 6.38. The average molecular weight is 359 g/mol. The SMILES string of the molecule is COc1ccc(C)cc1S(=O)(=O)N[C@@H](C)c1ccc2c(c1)CCCC2. The number of nitrogens with one attached hydrogen (secondary N) is 1. The quantitative estimate of drug-likeness (QED) is 0.880. The van der Waals surface area contributed by atoms with Gasteiger partial charge in [-0.05, 0) is 73.9 Å². The number of methoxy groups -OCH3 is 1. The van der Waals surface area contributed by atoms with Crippen LogP contribution in [0.25, 0.3) is 0 Å².